The van der Waals surface area contributed by atoms with Crippen molar-refractivity contribution in [2.75, 3.05) is 18.1 Å². The summed E-state index contributed by atoms with van der Waals surface area (Å²) in [5.41, 5.74) is 0. The van der Waals surface area contributed by atoms with Crippen molar-refractivity contribution in [2.24, 2.45) is 0 Å². The molecule has 17 heavy (non-hydrogen) atoms. The Bertz CT molecular complexity index is 389. The van der Waals surface area contributed by atoms with Crippen molar-refractivity contribution in [2.45, 2.75) is 31.7 Å². The minimum atomic E-state index is 0.220. The second-order valence-electron chi connectivity index (χ2n) is 4.17. The molecule has 0 saturated carbocycles. The van der Waals surface area contributed by atoms with E-state index in [4.69, 9.17) is 28.3 Å². The molecule has 0 radical (unpaired) electrons. The Kier molecular flexibility index (Phi) is 4.42. The van der Waals surface area contributed by atoms with Crippen LogP contribution in [0.25, 0.3) is 0 Å². The number of anilines is 1. The highest BCUT2D eigenvalue weighted by Gasteiger charge is 2.27. The molecule has 0 aromatic carbocycles. The smallest absolute Gasteiger partial charge is 0.224 e. The number of nitrogens with zero attached hydrogens (tertiary/aromatic N) is 3. The Morgan fingerprint density at radius 3 is 3.06 bits per heavy atom. The van der Waals surface area contributed by atoms with E-state index in [1.807, 2.05) is 0 Å². The Labute approximate surface area is 111 Å². The Morgan fingerprint density at radius 1 is 1.47 bits per heavy atom. The van der Waals surface area contributed by atoms with E-state index in [1.54, 1.807) is 0 Å². The molecule has 2 heterocycles. The van der Waals surface area contributed by atoms with Crippen LogP contribution < -0.4 is 4.90 Å². The molecule has 1 unspecified atom stereocenters. The number of aliphatic hydroxyl groups is 1. The van der Waals surface area contributed by atoms with Gasteiger partial charge in [-0.15, -0.1) is 0 Å². The van der Waals surface area contributed by atoms with Crippen LogP contribution in [0.1, 0.15) is 25.7 Å². The van der Waals surface area contributed by atoms with E-state index in [2.05, 4.69) is 14.9 Å². The molecule has 1 saturated heterocycles. The highest BCUT2D eigenvalue weighted by atomic mass is 35.5. The van der Waals surface area contributed by atoms with Crippen molar-refractivity contribution in [1.29, 1.82) is 0 Å². The van der Waals surface area contributed by atoms with Crippen molar-refractivity contribution in [3.63, 3.8) is 0 Å². The van der Waals surface area contributed by atoms with Crippen molar-refractivity contribution >= 4 is 29.0 Å². The fourth-order valence-corrected chi connectivity index (χ4v) is 2.61. The SMILES string of the molecule is OCCCC1CCCN1c1nc(Cl)ncc1Cl. The molecule has 1 N–H and O–H groups in total. The third-order valence-corrected chi connectivity index (χ3v) is 3.49. The van der Waals surface area contributed by atoms with E-state index in [0.29, 0.717) is 16.9 Å². The largest absolute Gasteiger partial charge is 0.396 e. The van der Waals surface area contributed by atoms with Crippen LogP contribution in [0.2, 0.25) is 10.3 Å². The Hall–Kier alpha value is -0.580. The minimum Gasteiger partial charge on any atom is -0.396 e. The molecule has 2 rings (SSSR count). The molecule has 1 atom stereocenters. The van der Waals surface area contributed by atoms with Gasteiger partial charge >= 0.3 is 0 Å². The lowest BCUT2D eigenvalue weighted by Crippen LogP contribution is -2.30. The van der Waals surface area contributed by atoms with Gasteiger partial charge in [-0.3, -0.25) is 0 Å². The zero-order chi connectivity index (χ0) is 12.3. The maximum absolute atomic E-state index is 8.89. The third kappa shape index (κ3) is 3.00. The fourth-order valence-electron chi connectivity index (χ4n) is 2.28. The summed E-state index contributed by atoms with van der Waals surface area (Å²) in [4.78, 5) is 10.2. The monoisotopic (exact) mass is 275 g/mol. The van der Waals surface area contributed by atoms with E-state index in [9.17, 15) is 0 Å². The first kappa shape index (κ1) is 12.9. The van der Waals surface area contributed by atoms with Gasteiger partial charge < -0.3 is 10.0 Å². The van der Waals surface area contributed by atoms with Gasteiger partial charge in [-0.05, 0) is 37.3 Å². The van der Waals surface area contributed by atoms with Crippen LogP contribution >= 0.6 is 23.2 Å². The zero-order valence-corrected chi connectivity index (χ0v) is 11.0. The lowest BCUT2D eigenvalue weighted by atomic mass is 10.1. The molecule has 94 valence electrons. The Morgan fingerprint density at radius 2 is 2.29 bits per heavy atom. The average Bonchev–Trinajstić information content (AvgIpc) is 2.77. The highest BCUT2D eigenvalue weighted by Crippen LogP contribution is 2.31. The first-order valence-corrected chi connectivity index (χ1v) is 6.53. The molecular formula is C11H15Cl2N3O. The van der Waals surface area contributed by atoms with Gasteiger partial charge in [-0.25, -0.2) is 4.98 Å². The molecule has 0 spiro atoms. The van der Waals surface area contributed by atoms with Crippen LogP contribution in [0.15, 0.2) is 6.20 Å². The highest BCUT2D eigenvalue weighted by molar-refractivity contribution is 6.33. The topological polar surface area (TPSA) is 49.2 Å². The van der Waals surface area contributed by atoms with Crippen LogP contribution in [-0.2, 0) is 0 Å². The summed E-state index contributed by atoms with van der Waals surface area (Å²) < 4.78 is 0. The standard InChI is InChI=1S/C11H15Cl2N3O/c12-9-7-14-11(13)15-10(9)16-5-1-3-8(16)4-2-6-17/h7-8,17H,1-6H2. The van der Waals surface area contributed by atoms with E-state index in [1.165, 1.54) is 6.20 Å². The van der Waals surface area contributed by atoms with Crippen LogP contribution in [0, 0.1) is 0 Å². The summed E-state index contributed by atoms with van der Waals surface area (Å²) >= 11 is 11.9. The van der Waals surface area contributed by atoms with Gasteiger partial charge in [0, 0.05) is 19.2 Å². The van der Waals surface area contributed by atoms with Gasteiger partial charge in [0.15, 0.2) is 5.82 Å². The van der Waals surface area contributed by atoms with Crippen LogP contribution in [0.5, 0.6) is 0 Å². The first-order chi connectivity index (χ1) is 8.22. The first-order valence-electron chi connectivity index (χ1n) is 5.78. The maximum Gasteiger partial charge on any atom is 0.224 e. The van der Waals surface area contributed by atoms with Crippen molar-refractivity contribution in [3.05, 3.63) is 16.5 Å². The predicted molar refractivity (Wildman–Crippen MR) is 68.7 cm³/mol. The lowest BCUT2D eigenvalue weighted by molar-refractivity contribution is 0.279. The van der Waals surface area contributed by atoms with Crippen molar-refractivity contribution in [1.82, 2.24) is 9.97 Å². The summed E-state index contributed by atoms with van der Waals surface area (Å²) in [6.07, 6.45) is 5.52. The van der Waals surface area contributed by atoms with Gasteiger partial charge in [-0.1, -0.05) is 11.6 Å². The zero-order valence-electron chi connectivity index (χ0n) is 9.44. The summed E-state index contributed by atoms with van der Waals surface area (Å²) in [6.45, 7) is 1.16. The lowest BCUT2D eigenvalue weighted by Gasteiger charge is -2.26. The van der Waals surface area contributed by atoms with Crippen LogP contribution in [-0.4, -0.2) is 34.3 Å². The molecule has 1 aromatic heterocycles. The number of hydrogen-bond donors (Lipinski definition) is 1. The fraction of sp³-hybridized carbons (Fsp3) is 0.636. The van der Waals surface area contributed by atoms with Gasteiger partial charge in [0.25, 0.3) is 0 Å². The third-order valence-electron chi connectivity index (χ3n) is 3.04. The van der Waals surface area contributed by atoms with Gasteiger partial charge in [0.1, 0.15) is 5.02 Å². The molecule has 1 aliphatic heterocycles. The molecular weight excluding hydrogens is 261 g/mol. The predicted octanol–water partition coefficient (Wildman–Crippen LogP) is 2.52. The molecule has 0 bridgehead atoms. The van der Waals surface area contributed by atoms with E-state index < -0.39 is 0 Å². The quantitative estimate of drug-likeness (QED) is 0.858. The van der Waals surface area contributed by atoms with Gasteiger partial charge in [0.05, 0.1) is 6.20 Å². The van der Waals surface area contributed by atoms with Crippen molar-refractivity contribution < 1.29 is 5.11 Å². The molecule has 1 aromatic rings. The summed E-state index contributed by atoms with van der Waals surface area (Å²) in [5, 5.41) is 9.64. The van der Waals surface area contributed by atoms with E-state index in [-0.39, 0.29) is 11.9 Å². The molecule has 1 fully saturated rings. The Balaban J connectivity index is 2.16. The summed E-state index contributed by atoms with van der Waals surface area (Å²) in [7, 11) is 0. The minimum absolute atomic E-state index is 0.220. The number of aliphatic hydroxyl groups excluding tert-OH is 1. The molecule has 6 heteroatoms. The van der Waals surface area contributed by atoms with Gasteiger partial charge in [-0.2, -0.15) is 4.98 Å². The molecule has 0 amide bonds. The van der Waals surface area contributed by atoms with Gasteiger partial charge in [0.2, 0.25) is 5.28 Å². The maximum atomic E-state index is 8.89. The normalized spacial score (nSPS) is 19.9. The second-order valence-corrected chi connectivity index (χ2v) is 4.91. The van der Waals surface area contributed by atoms with E-state index in [0.717, 1.165) is 32.2 Å². The summed E-state index contributed by atoms with van der Waals surface area (Å²) in [6, 6.07) is 0.394. The number of halogens is 2. The number of rotatable bonds is 4. The average molecular weight is 276 g/mol. The summed E-state index contributed by atoms with van der Waals surface area (Å²) in [5.74, 6) is 0.715. The number of hydrogen-bond acceptors (Lipinski definition) is 4. The van der Waals surface area contributed by atoms with Crippen molar-refractivity contribution in [3.8, 4) is 0 Å². The molecule has 1 aliphatic rings. The van der Waals surface area contributed by atoms with E-state index >= 15 is 0 Å². The second kappa shape index (κ2) is 5.85. The van der Waals surface area contributed by atoms with Crippen LogP contribution in [0.4, 0.5) is 5.82 Å². The molecule has 4 nitrogen and oxygen atoms in total. The molecule has 0 aliphatic carbocycles. The van der Waals surface area contributed by atoms with Crippen LogP contribution in [0.3, 0.4) is 0 Å². The number of aromatic nitrogens is 2.